The molecular weight excluding hydrogens is 306 g/mol. The zero-order valence-electron chi connectivity index (χ0n) is 14.3. The molecule has 1 aromatic carbocycles. The maximum absolute atomic E-state index is 11.9. The van der Waals surface area contributed by atoms with Gasteiger partial charge in [0, 0.05) is 26.2 Å². The molecule has 0 spiro atoms. The number of nitrogens with zero attached hydrogens (tertiary/aromatic N) is 2. The molecule has 1 N–H and O–H groups in total. The lowest BCUT2D eigenvalue weighted by molar-refractivity contribution is -0.124. The number of ether oxygens (including phenoxy) is 2. The van der Waals surface area contributed by atoms with Crippen LogP contribution in [0.5, 0.6) is 5.75 Å². The molecule has 6 nitrogen and oxygen atoms in total. The van der Waals surface area contributed by atoms with E-state index in [0.29, 0.717) is 30.4 Å². The molecular formula is C18H25N3O3. The second-order valence-corrected chi connectivity index (χ2v) is 6.35. The molecule has 1 saturated heterocycles. The van der Waals surface area contributed by atoms with Crippen LogP contribution in [0.4, 0.5) is 0 Å². The third-order valence-electron chi connectivity index (χ3n) is 3.74. The third kappa shape index (κ3) is 5.84. The Kier molecular flexibility index (Phi) is 7.04. The average molecular weight is 331 g/mol. The van der Waals surface area contributed by atoms with Gasteiger partial charge in [-0.25, -0.2) is 0 Å². The third-order valence-corrected chi connectivity index (χ3v) is 3.74. The van der Waals surface area contributed by atoms with Crippen molar-refractivity contribution in [1.82, 2.24) is 10.2 Å². The number of carbonyl (C=O) groups is 1. The molecule has 6 heteroatoms. The molecule has 0 saturated carbocycles. The fourth-order valence-electron chi connectivity index (χ4n) is 2.69. The number of para-hydroxylation sites is 1. The summed E-state index contributed by atoms with van der Waals surface area (Å²) >= 11 is 0. The molecule has 1 amide bonds. The molecule has 1 aliphatic rings. The molecule has 1 heterocycles. The van der Waals surface area contributed by atoms with Crippen LogP contribution in [0.2, 0.25) is 0 Å². The minimum Gasteiger partial charge on any atom is -0.482 e. The van der Waals surface area contributed by atoms with Gasteiger partial charge < -0.3 is 14.8 Å². The molecule has 24 heavy (non-hydrogen) atoms. The van der Waals surface area contributed by atoms with Crippen molar-refractivity contribution in [3.05, 3.63) is 29.8 Å². The average Bonchev–Trinajstić information content (AvgIpc) is 2.58. The molecule has 2 rings (SSSR count). The fraction of sp³-hybridized carbons (Fsp3) is 0.556. The summed E-state index contributed by atoms with van der Waals surface area (Å²) in [6.07, 6.45) is 0.00726. The summed E-state index contributed by atoms with van der Waals surface area (Å²) < 4.78 is 11.1. The second kappa shape index (κ2) is 9.26. The highest BCUT2D eigenvalue weighted by Gasteiger charge is 2.21. The van der Waals surface area contributed by atoms with Crippen LogP contribution < -0.4 is 10.1 Å². The number of benzene rings is 1. The van der Waals surface area contributed by atoms with Gasteiger partial charge in [0.1, 0.15) is 11.8 Å². The van der Waals surface area contributed by atoms with Gasteiger partial charge in [0.2, 0.25) is 0 Å². The van der Waals surface area contributed by atoms with Crippen molar-refractivity contribution in [2.45, 2.75) is 20.0 Å². The number of nitrogens with one attached hydrogen (secondary N) is 1. The number of hydrogen-bond donors (Lipinski definition) is 1. The summed E-state index contributed by atoms with van der Waals surface area (Å²) in [5, 5.41) is 11.8. The van der Waals surface area contributed by atoms with E-state index in [1.54, 1.807) is 24.3 Å². The molecule has 1 aliphatic heterocycles. The minimum atomic E-state index is -0.215. The molecule has 1 atom stereocenters. The Labute approximate surface area is 143 Å². The SMILES string of the molecule is CC(C)CN1CCOC(CNC(=O)COc2ccccc2C#N)C1. The van der Waals surface area contributed by atoms with Crippen molar-refractivity contribution >= 4 is 5.91 Å². The van der Waals surface area contributed by atoms with Crippen LogP contribution >= 0.6 is 0 Å². The second-order valence-electron chi connectivity index (χ2n) is 6.35. The maximum atomic E-state index is 11.9. The fourth-order valence-corrected chi connectivity index (χ4v) is 2.69. The summed E-state index contributed by atoms with van der Waals surface area (Å²) in [6.45, 7) is 8.26. The Balaban J connectivity index is 1.72. The van der Waals surface area contributed by atoms with E-state index in [1.807, 2.05) is 6.07 Å². The van der Waals surface area contributed by atoms with Gasteiger partial charge >= 0.3 is 0 Å². The quantitative estimate of drug-likeness (QED) is 0.818. The van der Waals surface area contributed by atoms with Crippen molar-refractivity contribution in [2.75, 3.05) is 39.4 Å². The van der Waals surface area contributed by atoms with Crippen molar-refractivity contribution in [1.29, 1.82) is 5.26 Å². The van der Waals surface area contributed by atoms with Gasteiger partial charge in [0.25, 0.3) is 5.91 Å². The lowest BCUT2D eigenvalue weighted by atomic mass is 10.2. The molecule has 0 aromatic heterocycles. The Hall–Kier alpha value is -2.10. The van der Waals surface area contributed by atoms with E-state index in [1.165, 1.54) is 0 Å². The zero-order chi connectivity index (χ0) is 17.4. The first-order chi connectivity index (χ1) is 11.6. The molecule has 130 valence electrons. The number of carbonyl (C=O) groups excluding carboxylic acids is 1. The Morgan fingerprint density at radius 3 is 3.04 bits per heavy atom. The van der Waals surface area contributed by atoms with Gasteiger partial charge in [-0.15, -0.1) is 0 Å². The first kappa shape index (κ1) is 18.2. The van der Waals surface area contributed by atoms with E-state index >= 15 is 0 Å². The van der Waals surface area contributed by atoms with Gasteiger partial charge in [-0.3, -0.25) is 9.69 Å². The van der Waals surface area contributed by atoms with Gasteiger partial charge in [-0.1, -0.05) is 26.0 Å². The van der Waals surface area contributed by atoms with Crippen molar-refractivity contribution in [3.63, 3.8) is 0 Å². The Morgan fingerprint density at radius 1 is 1.50 bits per heavy atom. The maximum Gasteiger partial charge on any atom is 0.258 e. The minimum absolute atomic E-state index is 0.00726. The van der Waals surface area contributed by atoms with E-state index in [2.05, 4.69) is 24.1 Å². The van der Waals surface area contributed by atoms with Gasteiger partial charge in [-0.05, 0) is 18.1 Å². The van der Waals surface area contributed by atoms with Crippen LogP contribution in [0.15, 0.2) is 24.3 Å². The van der Waals surface area contributed by atoms with E-state index in [0.717, 1.165) is 19.6 Å². The zero-order valence-corrected chi connectivity index (χ0v) is 14.3. The lowest BCUT2D eigenvalue weighted by Crippen LogP contribution is -2.48. The predicted octanol–water partition coefficient (Wildman–Crippen LogP) is 1.41. The molecule has 1 fully saturated rings. The largest absolute Gasteiger partial charge is 0.482 e. The molecule has 1 aromatic rings. The van der Waals surface area contributed by atoms with Crippen molar-refractivity contribution in [2.24, 2.45) is 5.92 Å². The normalized spacial score (nSPS) is 18.2. The first-order valence-corrected chi connectivity index (χ1v) is 8.31. The summed E-state index contributed by atoms with van der Waals surface area (Å²) in [7, 11) is 0. The number of amides is 1. The van der Waals surface area contributed by atoms with Crippen LogP contribution in [0.3, 0.4) is 0 Å². The van der Waals surface area contributed by atoms with Crippen LogP contribution in [0.25, 0.3) is 0 Å². The highest BCUT2D eigenvalue weighted by atomic mass is 16.5. The predicted molar refractivity (Wildman–Crippen MR) is 90.7 cm³/mol. The molecule has 0 bridgehead atoms. The Morgan fingerprint density at radius 2 is 2.29 bits per heavy atom. The number of nitriles is 1. The van der Waals surface area contributed by atoms with Crippen LogP contribution in [-0.4, -0.2) is 56.3 Å². The monoisotopic (exact) mass is 331 g/mol. The van der Waals surface area contributed by atoms with Crippen LogP contribution in [-0.2, 0) is 9.53 Å². The van der Waals surface area contributed by atoms with Crippen LogP contribution in [0.1, 0.15) is 19.4 Å². The molecule has 0 aliphatic carbocycles. The first-order valence-electron chi connectivity index (χ1n) is 8.31. The molecule has 1 unspecified atom stereocenters. The number of rotatable bonds is 7. The van der Waals surface area contributed by atoms with E-state index in [4.69, 9.17) is 14.7 Å². The highest BCUT2D eigenvalue weighted by Crippen LogP contribution is 2.16. The summed E-state index contributed by atoms with van der Waals surface area (Å²) in [4.78, 5) is 14.3. The van der Waals surface area contributed by atoms with Crippen molar-refractivity contribution in [3.8, 4) is 11.8 Å². The van der Waals surface area contributed by atoms with Gasteiger partial charge in [-0.2, -0.15) is 5.26 Å². The highest BCUT2D eigenvalue weighted by molar-refractivity contribution is 5.77. The summed E-state index contributed by atoms with van der Waals surface area (Å²) in [6, 6.07) is 8.91. The van der Waals surface area contributed by atoms with E-state index < -0.39 is 0 Å². The van der Waals surface area contributed by atoms with Gasteiger partial charge in [0.15, 0.2) is 6.61 Å². The smallest absolute Gasteiger partial charge is 0.258 e. The Bertz CT molecular complexity index is 583. The topological polar surface area (TPSA) is 74.6 Å². The number of hydrogen-bond acceptors (Lipinski definition) is 5. The van der Waals surface area contributed by atoms with Crippen molar-refractivity contribution < 1.29 is 14.3 Å². The van der Waals surface area contributed by atoms with E-state index in [-0.39, 0.29) is 18.6 Å². The standard InChI is InChI=1S/C18H25N3O3/c1-14(2)11-21-7-8-23-16(12-21)10-20-18(22)13-24-17-6-4-3-5-15(17)9-19/h3-6,14,16H,7-8,10-13H2,1-2H3,(H,20,22). The van der Waals surface area contributed by atoms with Gasteiger partial charge in [0.05, 0.1) is 18.3 Å². The molecule has 0 radical (unpaired) electrons. The number of morpholine rings is 1. The van der Waals surface area contributed by atoms with Crippen LogP contribution in [0, 0.1) is 17.2 Å². The summed E-state index contributed by atoms with van der Waals surface area (Å²) in [5.41, 5.74) is 0.422. The van der Waals surface area contributed by atoms with E-state index in [9.17, 15) is 4.79 Å². The summed E-state index contributed by atoms with van der Waals surface area (Å²) in [5.74, 6) is 0.825. The lowest BCUT2D eigenvalue weighted by Gasteiger charge is -2.33.